The Hall–Kier alpha value is -0.560. The van der Waals surface area contributed by atoms with Crippen molar-refractivity contribution in [3.63, 3.8) is 0 Å². The first kappa shape index (κ1) is 16.8. The molecule has 0 aliphatic heterocycles. The first-order valence-electron chi connectivity index (χ1n) is 8.69. The highest BCUT2D eigenvalue weighted by molar-refractivity contribution is 5.20. The van der Waals surface area contributed by atoms with Gasteiger partial charge in [0.15, 0.2) is 0 Å². The van der Waals surface area contributed by atoms with Crippen LogP contribution in [0, 0.1) is 22.7 Å². The summed E-state index contributed by atoms with van der Waals surface area (Å²) in [5.74, 6) is 1.49. The standard InChI is InChI=1S/C20H34O/c1-7-18(4,21)13-14-20(6)16(3)11-12-19(5)15(2)9-8-10-17(19)20/h7,9,16-17,21H,1,8,10-14H2,2-6H3/t16?,17?,18-,19?,20?/m1/s1. The van der Waals surface area contributed by atoms with Crippen molar-refractivity contribution in [2.24, 2.45) is 22.7 Å². The molecule has 5 atom stereocenters. The molecule has 2 aliphatic carbocycles. The van der Waals surface area contributed by atoms with E-state index in [2.05, 4.69) is 40.3 Å². The van der Waals surface area contributed by atoms with Gasteiger partial charge < -0.3 is 5.11 Å². The van der Waals surface area contributed by atoms with Crippen LogP contribution in [-0.2, 0) is 0 Å². The zero-order chi connectivity index (χ0) is 15.9. The van der Waals surface area contributed by atoms with Gasteiger partial charge in [0.05, 0.1) is 5.60 Å². The Balaban J connectivity index is 2.27. The maximum Gasteiger partial charge on any atom is 0.0797 e. The number of allylic oxidation sites excluding steroid dienone is 2. The lowest BCUT2D eigenvalue weighted by Gasteiger charge is -2.58. The first-order chi connectivity index (χ1) is 9.66. The zero-order valence-corrected chi connectivity index (χ0v) is 14.7. The highest BCUT2D eigenvalue weighted by atomic mass is 16.3. The summed E-state index contributed by atoms with van der Waals surface area (Å²) in [5.41, 5.74) is 1.58. The van der Waals surface area contributed by atoms with Gasteiger partial charge in [-0.25, -0.2) is 0 Å². The molecule has 0 spiro atoms. The molecule has 1 nitrogen and oxygen atoms in total. The number of fused-ring (bicyclic) bond motifs is 1. The van der Waals surface area contributed by atoms with Crippen LogP contribution < -0.4 is 0 Å². The predicted octanol–water partition coefficient (Wildman–Crippen LogP) is 5.50. The second kappa shape index (κ2) is 5.57. The number of aliphatic hydroxyl groups is 1. The van der Waals surface area contributed by atoms with Gasteiger partial charge in [-0.3, -0.25) is 0 Å². The van der Waals surface area contributed by atoms with Crippen LogP contribution in [-0.4, -0.2) is 10.7 Å². The molecule has 0 radical (unpaired) electrons. The molecule has 0 aromatic heterocycles. The molecule has 2 rings (SSSR count). The van der Waals surface area contributed by atoms with E-state index < -0.39 is 5.60 Å². The van der Waals surface area contributed by atoms with Crippen LogP contribution in [0.5, 0.6) is 0 Å². The van der Waals surface area contributed by atoms with Crippen molar-refractivity contribution in [2.75, 3.05) is 0 Å². The lowest BCUT2D eigenvalue weighted by atomic mass is 9.47. The summed E-state index contributed by atoms with van der Waals surface area (Å²) >= 11 is 0. The van der Waals surface area contributed by atoms with E-state index in [0.717, 1.165) is 24.7 Å². The summed E-state index contributed by atoms with van der Waals surface area (Å²) in [5, 5.41) is 10.3. The van der Waals surface area contributed by atoms with Gasteiger partial charge in [0.2, 0.25) is 0 Å². The summed E-state index contributed by atoms with van der Waals surface area (Å²) in [6.07, 6.45) is 11.3. The largest absolute Gasteiger partial charge is 0.386 e. The van der Waals surface area contributed by atoms with E-state index in [0.29, 0.717) is 10.8 Å². The highest BCUT2D eigenvalue weighted by Gasteiger charge is 2.53. The van der Waals surface area contributed by atoms with Crippen LogP contribution in [0.1, 0.15) is 73.1 Å². The molecular weight excluding hydrogens is 256 g/mol. The third-order valence-electron chi connectivity index (χ3n) is 7.20. The lowest BCUT2D eigenvalue weighted by Crippen LogP contribution is -2.50. The van der Waals surface area contributed by atoms with E-state index >= 15 is 0 Å². The topological polar surface area (TPSA) is 20.2 Å². The minimum atomic E-state index is -0.726. The molecule has 1 fully saturated rings. The maximum atomic E-state index is 10.3. The van der Waals surface area contributed by atoms with Crippen LogP contribution >= 0.6 is 0 Å². The Labute approximate surface area is 131 Å². The minimum Gasteiger partial charge on any atom is -0.386 e. The van der Waals surface area contributed by atoms with Gasteiger partial charge in [0.1, 0.15) is 0 Å². The number of hydrogen-bond donors (Lipinski definition) is 1. The Morgan fingerprint density at radius 1 is 1.43 bits per heavy atom. The summed E-state index contributed by atoms with van der Waals surface area (Å²) in [6.45, 7) is 15.4. The first-order valence-corrected chi connectivity index (χ1v) is 8.69. The van der Waals surface area contributed by atoms with Crippen molar-refractivity contribution in [1.29, 1.82) is 0 Å². The van der Waals surface area contributed by atoms with Gasteiger partial charge in [-0.15, -0.1) is 6.58 Å². The van der Waals surface area contributed by atoms with Gasteiger partial charge >= 0.3 is 0 Å². The maximum absolute atomic E-state index is 10.3. The molecule has 2 aliphatic rings. The SMILES string of the molecule is C=C[C@@](C)(O)CCC1(C)C(C)CCC2(C)C(C)=CCCC21. The van der Waals surface area contributed by atoms with Crippen LogP contribution in [0.4, 0.5) is 0 Å². The van der Waals surface area contributed by atoms with E-state index in [1.165, 1.54) is 25.7 Å². The average molecular weight is 290 g/mol. The van der Waals surface area contributed by atoms with Gasteiger partial charge in [-0.2, -0.15) is 0 Å². The van der Waals surface area contributed by atoms with Crippen molar-refractivity contribution in [3.8, 4) is 0 Å². The summed E-state index contributed by atoms with van der Waals surface area (Å²) < 4.78 is 0. The van der Waals surface area contributed by atoms with Crippen molar-refractivity contribution in [2.45, 2.75) is 78.7 Å². The monoisotopic (exact) mass is 290 g/mol. The van der Waals surface area contributed by atoms with E-state index in [-0.39, 0.29) is 0 Å². The molecule has 0 heterocycles. The van der Waals surface area contributed by atoms with Crippen LogP contribution in [0.2, 0.25) is 0 Å². The van der Waals surface area contributed by atoms with E-state index in [4.69, 9.17) is 0 Å². The Morgan fingerprint density at radius 2 is 2.10 bits per heavy atom. The molecule has 1 N–H and O–H groups in total. The van der Waals surface area contributed by atoms with Crippen molar-refractivity contribution in [1.82, 2.24) is 0 Å². The molecule has 21 heavy (non-hydrogen) atoms. The fourth-order valence-electron chi connectivity index (χ4n) is 4.96. The fourth-order valence-corrected chi connectivity index (χ4v) is 4.96. The van der Waals surface area contributed by atoms with Crippen LogP contribution in [0.25, 0.3) is 0 Å². The molecule has 1 saturated carbocycles. The molecule has 0 amide bonds. The third kappa shape index (κ3) is 2.86. The zero-order valence-electron chi connectivity index (χ0n) is 14.7. The van der Waals surface area contributed by atoms with E-state index in [1.54, 1.807) is 11.6 Å². The summed E-state index contributed by atoms with van der Waals surface area (Å²) in [7, 11) is 0. The van der Waals surface area contributed by atoms with Gasteiger partial charge in [-0.05, 0) is 75.0 Å². The quantitative estimate of drug-likeness (QED) is 0.678. The molecule has 0 aromatic carbocycles. The second-order valence-corrected chi connectivity index (χ2v) is 8.44. The molecule has 0 saturated heterocycles. The van der Waals surface area contributed by atoms with Crippen molar-refractivity contribution >= 4 is 0 Å². The molecule has 1 heteroatoms. The van der Waals surface area contributed by atoms with Gasteiger partial charge in [0, 0.05) is 0 Å². The molecule has 120 valence electrons. The van der Waals surface area contributed by atoms with Gasteiger partial charge in [0.25, 0.3) is 0 Å². The van der Waals surface area contributed by atoms with Crippen LogP contribution in [0.3, 0.4) is 0 Å². The number of rotatable bonds is 4. The molecule has 4 unspecified atom stereocenters. The Kier molecular flexibility index (Phi) is 4.46. The van der Waals surface area contributed by atoms with Crippen molar-refractivity contribution in [3.05, 3.63) is 24.3 Å². The predicted molar refractivity (Wildman–Crippen MR) is 91.1 cm³/mol. The Bertz CT molecular complexity index is 433. The summed E-state index contributed by atoms with van der Waals surface area (Å²) in [4.78, 5) is 0. The fraction of sp³-hybridized carbons (Fsp3) is 0.800. The summed E-state index contributed by atoms with van der Waals surface area (Å²) in [6, 6.07) is 0. The number of hydrogen-bond acceptors (Lipinski definition) is 1. The lowest BCUT2D eigenvalue weighted by molar-refractivity contribution is -0.0582. The molecular formula is C20H34O. The minimum absolute atomic E-state index is 0.329. The van der Waals surface area contributed by atoms with Gasteiger partial charge in [-0.1, -0.05) is 38.5 Å². The Morgan fingerprint density at radius 3 is 2.71 bits per heavy atom. The normalized spacial score (nSPS) is 42.7. The molecule has 0 bridgehead atoms. The molecule has 0 aromatic rings. The van der Waals surface area contributed by atoms with Crippen molar-refractivity contribution < 1.29 is 5.11 Å². The third-order valence-corrected chi connectivity index (χ3v) is 7.20. The second-order valence-electron chi connectivity index (χ2n) is 8.44. The van der Waals surface area contributed by atoms with E-state index in [9.17, 15) is 5.11 Å². The average Bonchev–Trinajstić information content (AvgIpc) is 2.44. The van der Waals surface area contributed by atoms with E-state index in [1.807, 2.05) is 6.92 Å². The highest BCUT2D eigenvalue weighted by Crippen LogP contribution is 2.61. The smallest absolute Gasteiger partial charge is 0.0797 e. The van der Waals surface area contributed by atoms with Crippen LogP contribution in [0.15, 0.2) is 24.3 Å².